The fourth-order valence-corrected chi connectivity index (χ4v) is 2.79. The number of aromatic nitrogens is 3. The van der Waals surface area contributed by atoms with E-state index < -0.39 is 5.95 Å². The number of anilines is 1. The Hall–Kier alpha value is -1.79. The van der Waals surface area contributed by atoms with Gasteiger partial charge in [0.05, 0.1) is 22.6 Å². The van der Waals surface area contributed by atoms with Crippen molar-refractivity contribution < 1.29 is 9.13 Å². The Bertz CT molecular complexity index is 692. The minimum atomic E-state index is -0.592. The molecule has 0 saturated carbocycles. The first-order chi connectivity index (χ1) is 11.1. The van der Waals surface area contributed by atoms with Crippen molar-refractivity contribution in [2.45, 2.75) is 19.8 Å². The summed E-state index contributed by atoms with van der Waals surface area (Å²) in [5.41, 5.74) is 1.78. The molecule has 0 amide bonds. The third-order valence-corrected chi connectivity index (χ3v) is 4.24. The first-order valence-corrected chi connectivity index (χ1v) is 7.98. The summed E-state index contributed by atoms with van der Waals surface area (Å²) in [6, 6.07) is 1.26. The van der Waals surface area contributed by atoms with Gasteiger partial charge in [-0.25, -0.2) is 15.0 Å². The summed E-state index contributed by atoms with van der Waals surface area (Å²) in [6.45, 7) is 4.36. The van der Waals surface area contributed by atoms with Crippen molar-refractivity contribution >= 4 is 17.4 Å². The number of nitrogens with zero attached hydrogens (tertiary/aromatic N) is 3. The van der Waals surface area contributed by atoms with Crippen LogP contribution >= 0.6 is 11.6 Å². The fraction of sp³-hybridized carbons (Fsp3) is 0.438. The molecule has 5 nitrogen and oxygen atoms in total. The van der Waals surface area contributed by atoms with Crippen LogP contribution in [0.1, 0.15) is 18.5 Å². The molecule has 1 aliphatic heterocycles. The number of halogens is 2. The molecule has 0 unspecified atom stereocenters. The van der Waals surface area contributed by atoms with Gasteiger partial charge in [0, 0.05) is 37.6 Å². The Morgan fingerprint density at radius 2 is 2.09 bits per heavy atom. The van der Waals surface area contributed by atoms with E-state index in [9.17, 15) is 4.39 Å². The second kappa shape index (κ2) is 7.19. The maximum absolute atomic E-state index is 13.3. The van der Waals surface area contributed by atoms with Crippen LogP contribution < -0.4 is 5.32 Å². The summed E-state index contributed by atoms with van der Waals surface area (Å²) in [6.07, 6.45) is 4.99. The molecule has 3 rings (SSSR count). The first-order valence-electron chi connectivity index (χ1n) is 7.60. The average Bonchev–Trinajstić information content (AvgIpc) is 2.57. The number of aryl methyl sites for hydroxylation is 1. The first kappa shape index (κ1) is 16.1. The van der Waals surface area contributed by atoms with E-state index >= 15 is 0 Å². The molecule has 0 spiro atoms. The third kappa shape index (κ3) is 3.95. The van der Waals surface area contributed by atoms with Gasteiger partial charge >= 0.3 is 0 Å². The van der Waals surface area contributed by atoms with E-state index in [1.54, 1.807) is 6.20 Å². The summed E-state index contributed by atoms with van der Waals surface area (Å²) < 4.78 is 18.7. The zero-order valence-electron chi connectivity index (χ0n) is 12.9. The standard InChI is InChI=1S/C16H18ClFN4O/c1-10-16(20-7-11-2-4-23-5-3-11)21-9-14(22-10)12-6-15(18)19-8-13(12)17/h6,8-9,11H,2-5,7H2,1H3,(H,20,21). The smallest absolute Gasteiger partial charge is 0.213 e. The van der Waals surface area contributed by atoms with Gasteiger partial charge in [-0.2, -0.15) is 4.39 Å². The van der Waals surface area contributed by atoms with Crippen LogP contribution in [0.15, 0.2) is 18.5 Å². The lowest BCUT2D eigenvalue weighted by Gasteiger charge is -2.22. The van der Waals surface area contributed by atoms with Gasteiger partial charge in [-0.15, -0.1) is 0 Å². The molecule has 2 aromatic heterocycles. The molecule has 0 radical (unpaired) electrons. The van der Waals surface area contributed by atoms with Crippen LogP contribution in [0.2, 0.25) is 5.02 Å². The zero-order chi connectivity index (χ0) is 16.2. The third-order valence-electron chi connectivity index (χ3n) is 3.94. The van der Waals surface area contributed by atoms with Gasteiger partial charge in [0.25, 0.3) is 0 Å². The predicted octanol–water partition coefficient (Wildman–Crippen LogP) is 3.48. The number of hydrogen-bond donors (Lipinski definition) is 1. The number of nitrogens with one attached hydrogen (secondary N) is 1. The summed E-state index contributed by atoms with van der Waals surface area (Å²) in [5.74, 6) is 0.741. The van der Waals surface area contributed by atoms with Crippen molar-refractivity contribution in [3.8, 4) is 11.3 Å². The van der Waals surface area contributed by atoms with Gasteiger partial charge in [-0.3, -0.25) is 0 Å². The minimum absolute atomic E-state index is 0.350. The minimum Gasteiger partial charge on any atom is -0.381 e. The molecule has 7 heteroatoms. The molecule has 2 aromatic rings. The Labute approximate surface area is 139 Å². The van der Waals surface area contributed by atoms with Crippen molar-refractivity contribution in [1.82, 2.24) is 15.0 Å². The van der Waals surface area contributed by atoms with E-state index in [1.165, 1.54) is 12.3 Å². The Balaban J connectivity index is 1.73. The quantitative estimate of drug-likeness (QED) is 0.866. The van der Waals surface area contributed by atoms with Crippen molar-refractivity contribution in [2.75, 3.05) is 25.1 Å². The Morgan fingerprint density at radius 1 is 1.30 bits per heavy atom. The number of rotatable bonds is 4. The van der Waals surface area contributed by atoms with Crippen LogP contribution in [0.3, 0.4) is 0 Å². The number of hydrogen-bond acceptors (Lipinski definition) is 5. The Morgan fingerprint density at radius 3 is 2.83 bits per heavy atom. The molecule has 23 heavy (non-hydrogen) atoms. The van der Waals surface area contributed by atoms with Gasteiger partial charge < -0.3 is 10.1 Å². The molecule has 0 aromatic carbocycles. The van der Waals surface area contributed by atoms with E-state index in [4.69, 9.17) is 16.3 Å². The van der Waals surface area contributed by atoms with Crippen molar-refractivity contribution in [1.29, 1.82) is 0 Å². The lowest BCUT2D eigenvalue weighted by Crippen LogP contribution is -2.23. The summed E-state index contributed by atoms with van der Waals surface area (Å²) in [4.78, 5) is 12.4. The lowest BCUT2D eigenvalue weighted by atomic mass is 10.0. The van der Waals surface area contributed by atoms with Gasteiger partial charge in [0.1, 0.15) is 5.82 Å². The van der Waals surface area contributed by atoms with E-state index in [-0.39, 0.29) is 0 Å². The van der Waals surface area contributed by atoms with E-state index in [0.29, 0.717) is 22.2 Å². The van der Waals surface area contributed by atoms with Crippen LogP contribution in [0.4, 0.5) is 10.2 Å². The van der Waals surface area contributed by atoms with Gasteiger partial charge in [0.2, 0.25) is 5.95 Å². The molecule has 1 aliphatic rings. The van der Waals surface area contributed by atoms with Crippen LogP contribution in [0, 0.1) is 18.8 Å². The molecule has 0 aliphatic carbocycles. The second-order valence-electron chi connectivity index (χ2n) is 5.61. The van der Waals surface area contributed by atoms with Crippen LogP contribution in [0.25, 0.3) is 11.3 Å². The molecule has 1 fully saturated rings. The molecular weight excluding hydrogens is 319 g/mol. The Kier molecular flexibility index (Phi) is 5.03. The molecule has 1 N–H and O–H groups in total. The highest BCUT2D eigenvalue weighted by molar-refractivity contribution is 6.33. The van der Waals surface area contributed by atoms with Crippen LogP contribution in [-0.2, 0) is 4.74 Å². The lowest BCUT2D eigenvalue weighted by molar-refractivity contribution is 0.0699. The maximum atomic E-state index is 13.3. The molecule has 1 saturated heterocycles. The largest absolute Gasteiger partial charge is 0.381 e. The fourth-order valence-electron chi connectivity index (χ4n) is 2.59. The average molecular weight is 337 g/mol. The normalized spacial score (nSPS) is 15.6. The monoisotopic (exact) mass is 336 g/mol. The SMILES string of the molecule is Cc1nc(-c2cc(F)ncc2Cl)cnc1NCC1CCOCC1. The topological polar surface area (TPSA) is 59.9 Å². The predicted molar refractivity (Wildman–Crippen MR) is 87.0 cm³/mol. The second-order valence-corrected chi connectivity index (χ2v) is 6.02. The van der Waals surface area contributed by atoms with Gasteiger partial charge in [-0.1, -0.05) is 11.6 Å². The number of ether oxygens (including phenoxy) is 1. The highest BCUT2D eigenvalue weighted by atomic mass is 35.5. The molecule has 0 atom stereocenters. The zero-order valence-corrected chi connectivity index (χ0v) is 13.6. The van der Waals surface area contributed by atoms with Crippen LogP contribution in [-0.4, -0.2) is 34.7 Å². The maximum Gasteiger partial charge on any atom is 0.213 e. The van der Waals surface area contributed by atoms with Gasteiger partial charge in [-0.05, 0) is 25.7 Å². The molecular formula is C16H18ClFN4O. The van der Waals surface area contributed by atoms with E-state index in [1.807, 2.05) is 6.92 Å². The van der Waals surface area contributed by atoms with E-state index in [2.05, 4.69) is 20.3 Å². The number of pyridine rings is 1. The van der Waals surface area contributed by atoms with Crippen molar-refractivity contribution in [3.63, 3.8) is 0 Å². The molecule has 3 heterocycles. The molecule has 0 bridgehead atoms. The summed E-state index contributed by atoms with van der Waals surface area (Å²) >= 11 is 6.06. The van der Waals surface area contributed by atoms with Crippen molar-refractivity contribution in [3.05, 3.63) is 35.1 Å². The highest BCUT2D eigenvalue weighted by Crippen LogP contribution is 2.27. The highest BCUT2D eigenvalue weighted by Gasteiger charge is 2.15. The summed E-state index contributed by atoms with van der Waals surface area (Å²) in [5, 5.41) is 3.69. The summed E-state index contributed by atoms with van der Waals surface area (Å²) in [7, 11) is 0. The van der Waals surface area contributed by atoms with E-state index in [0.717, 1.165) is 44.1 Å². The van der Waals surface area contributed by atoms with Gasteiger partial charge in [0.15, 0.2) is 0 Å². The molecule has 122 valence electrons. The van der Waals surface area contributed by atoms with Crippen molar-refractivity contribution in [2.24, 2.45) is 5.92 Å². The van der Waals surface area contributed by atoms with Crippen LogP contribution in [0.5, 0.6) is 0 Å².